The van der Waals surface area contributed by atoms with E-state index in [9.17, 15) is 9.00 Å². The van der Waals surface area contributed by atoms with Crippen LogP contribution in [0.2, 0.25) is 0 Å². The Hall–Kier alpha value is -1.53. The molecule has 1 N–H and O–H groups in total. The average molecular weight is 350 g/mol. The molecule has 0 bridgehead atoms. The lowest BCUT2D eigenvalue weighted by Gasteiger charge is -2.23. The van der Waals surface area contributed by atoms with Crippen LogP contribution in [0.3, 0.4) is 0 Å². The lowest BCUT2D eigenvalue weighted by atomic mass is 10.0. The zero-order valence-electron chi connectivity index (χ0n) is 15.6. The minimum absolute atomic E-state index is 0.0362. The van der Waals surface area contributed by atoms with E-state index in [2.05, 4.69) is 4.72 Å². The van der Waals surface area contributed by atoms with Gasteiger partial charge in [0.25, 0.3) is 5.56 Å². The average Bonchev–Trinajstić information content (AvgIpc) is 2.49. The summed E-state index contributed by atoms with van der Waals surface area (Å²) in [5.41, 5.74) is 2.57. The van der Waals surface area contributed by atoms with Gasteiger partial charge in [-0.1, -0.05) is 13.0 Å². The van der Waals surface area contributed by atoms with E-state index >= 15 is 0 Å². The first-order valence-electron chi connectivity index (χ1n) is 8.24. The van der Waals surface area contributed by atoms with Gasteiger partial charge in [-0.25, -0.2) is 13.9 Å². The number of nitrogens with zero attached hydrogens (tertiary/aromatic N) is 2. The van der Waals surface area contributed by atoms with Crippen molar-refractivity contribution in [3.05, 3.63) is 39.4 Å². The van der Waals surface area contributed by atoms with E-state index in [1.54, 1.807) is 11.6 Å². The summed E-state index contributed by atoms with van der Waals surface area (Å²) < 4.78 is 16.8. The van der Waals surface area contributed by atoms with Crippen molar-refractivity contribution in [3.63, 3.8) is 0 Å². The zero-order valence-corrected chi connectivity index (χ0v) is 16.4. The summed E-state index contributed by atoms with van der Waals surface area (Å²) in [6, 6.07) is 3.73. The van der Waals surface area contributed by atoms with Gasteiger partial charge in [-0.05, 0) is 51.8 Å². The molecule has 0 unspecified atom stereocenters. The molecule has 2 atom stereocenters. The fraction of sp³-hybridized carbons (Fsp3) is 0.556. The molecule has 1 heterocycles. The number of aromatic nitrogens is 2. The van der Waals surface area contributed by atoms with Crippen molar-refractivity contribution in [2.45, 2.75) is 58.8 Å². The maximum absolute atomic E-state index is 12.7. The van der Waals surface area contributed by atoms with Gasteiger partial charge in [-0.15, -0.1) is 0 Å². The van der Waals surface area contributed by atoms with Crippen molar-refractivity contribution in [1.29, 1.82) is 0 Å². The molecular formula is C18H27N3O2S. The van der Waals surface area contributed by atoms with Gasteiger partial charge in [0.1, 0.15) is 5.82 Å². The fourth-order valence-electron chi connectivity index (χ4n) is 2.64. The van der Waals surface area contributed by atoms with Gasteiger partial charge in [-0.3, -0.25) is 9.36 Å². The lowest BCUT2D eigenvalue weighted by Crippen LogP contribution is -2.35. The van der Waals surface area contributed by atoms with Gasteiger partial charge in [0.05, 0.1) is 26.6 Å². The second-order valence-corrected chi connectivity index (χ2v) is 9.21. The Kier molecular flexibility index (Phi) is 5.30. The summed E-state index contributed by atoms with van der Waals surface area (Å²) in [5, 5.41) is 0.611. The van der Waals surface area contributed by atoms with Crippen molar-refractivity contribution < 1.29 is 4.21 Å². The summed E-state index contributed by atoms with van der Waals surface area (Å²) >= 11 is 0. The summed E-state index contributed by atoms with van der Waals surface area (Å²) in [6.07, 6.45) is 0.685. The van der Waals surface area contributed by atoms with E-state index in [1.807, 2.05) is 53.7 Å². The smallest absolute Gasteiger partial charge is 0.261 e. The maximum Gasteiger partial charge on any atom is 0.261 e. The molecule has 0 saturated heterocycles. The zero-order chi connectivity index (χ0) is 18.2. The molecular weight excluding hydrogens is 322 g/mol. The highest BCUT2D eigenvalue weighted by Gasteiger charge is 2.23. The predicted octanol–water partition coefficient (Wildman–Crippen LogP) is 2.92. The van der Waals surface area contributed by atoms with E-state index in [0.29, 0.717) is 17.3 Å². The van der Waals surface area contributed by atoms with Gasteiger partial charge < -0.3 is 0 Å². The van der Waals surface area contributed by atoms with Crippen LogP contribution in [0.4, 0.5) is 0 Å². The van der Waals surface area contributed by atoms with Gasteiger partial charge in [-0.2, -0.15) is 0 Å². The third kappa shape index (κ3) is 3.59. The first-order valence-corrected chi connectivity index (χ1v) is 9.39. The van der Waals surface area contributed by atoms with E-state index in [-0.39, 0.29) is 16.3 Å². The van der Waals surface area contributed by atoms with Crippen LogP contribution in [-0.2, 0) is 24.5 Å². The molecule has 6 heteroatoms. The minimum atomic E-state index is -1.20. The van der Waals surface area contributed by atoms with Crippen molar-refractivity contribution in [2.75, 3.05) is 0 Å². The molecule has 2 rings (SSSR count). The molecule has 24 heavy (non-hydrogen) atoms. The second-order valence-electron chi connectivity index (χ2n) is 7.22. The minimum Gasteiger partial charge on any atom is -0.299 e. The summed E-state index contributed by atoms with van der Waals surface area (Å²) in [6.45, 7) is 11.7. The van der Waals surface area contributed by atoms with Crippen LogP contribution >= 0.6 is 0 Å². The van der Waals surface area contributed by atoms with Gasteiger partial charge in [0, 0.05) is 19.5 Å². The molecule has 2 aromatic rings. The summed E-state index contributed by atoms with van der Waals surface area (Å²) in [5.74, 6) is 0.752. The molecule has 0 aliphatic heterocycles. The topological polar surface area (TPSA) is 64.0 Å². The molecule has 0 spiro atoms. The quantitative estimate of drug-likeness (QED) is 0.923. The van der Waals surface area contributed by atoms with Crippen LogP contribution in [-0.4, -0.2) is 18.5 Å². The van der Waals surface area contributed by atoms with Crippen LogP contribution < -0.4 is 10.3 Å². The molecule has 0 amide bonds. The number of hydrogen-bond donors (Lipinski definition) is 1. The monoisotopic (exact) mass is 349 g/mol. The summed E-state index contributed by atoms with van der Waals surface area (Å²) in [7, 11) is 0.560. The van der Waals surface area contributed by atoms with Gasteiger partial charge in [0.15, 0.2) is 0 Å². The normalized spacial score (nSPS) is 14.8. The number of nitrogens with one attached hydrogen (secondary N) is 1. The van der Waals surface area contributed by atoms with Crippen molar-refractivity contribution >= 4 is 21.9 Å². The predicted molar refractivity (Wildman–Crippen MR) is 101 cm³/mol. The van der Waals surface area contributed by atoms with Crippen molar-refractivity contribution in [3.8, 4) is 0 Å². The highest BCUT2D eigenvalue weighted by Crippen LogP contribution is 2.24. The third-order valence-electron chi connectivity index (χ3n) is 4.07. The number of rotatable bonds is 4. The first kappa shape index (κ1) is 18.8. The third-order valence-corrected chi connectivity index (χ3v) is 5.75. The van der Waals surface area contributed by atoms with Crippen LogP contribution in [0.5, 0.6) is 0 Å². The maximum atomic E-state index is 12.7. The molecule has 5 nitrogen and oxygen atoms in total. The van der Waals surface area contributed by atoms with Gasteiger partial charge in [0.2, 0.25) is 0 Å². The standard InChI is InChI=1S/C18H27N3O2S/c1-8-15-19-16-13(12(3)20-24(23)18(4,5)6)9-11(2)10-14(16)17(22)21(15)7/h9-10,12,20H,8H2,1-7H3/t12-,24-/m1/s1. The van der Waals surface area contributed by atoms with E-state index in [1.165, 1.54) is 0 Å². The van der Waals surface area contributed by atoms with Crippen LogP contribution in [0.25, 0.3) is 10.9 Å². The summed E-state index contributed by atoms with van der Waals surface area (Å²) in [4.78, 5) is 17.4. The Morgan fingerprint density at radius 1 is 1.33 bits per heavy atom. The van der Waals surface area contributed by atoms with Crippen LogP contribution in [0.1, 0.15) is 57.6 Å². The highest BCUT2D eigenvalue weighted by atomic mass is 32.2. The van der Waals surface area contributed by atoms with Crippen molar-refractivity contribution in [2.24, 2.45) is 7.05 Å². The lowest BCUT2D eigenvalue weighted by molar-refractivity contribution is 0.616. The molecule has 0 saturated carbocycles. The number of hydrogen-bond acceptors (Lipinski definition) is 3. The van der Waals surface area contributed by atoms with Gasteiger partial charge >= 0.3 is 0 Å². The number of fused-ring (bicyclic) bond motifs is 1. The molecule has 1 aromatic carbocycles. The Morgan fingerprint density at radius 2 is 1.96 bits per heavy atom. The number of aryl methyl sites for hydroxylation is 2. The fourth-order valence-corrected chi connectivity index (χ4v) is 3.45. The Labute approximate surface area is 146 Å². The Morgan fingerprint density at radius 3 is 2.50 bits per heavy atom. The molecule has 0 fully saturated rings. The van der Waals surface area contributed by atoms with E-state index in [4.69, 9.17) is 4.98 Å². The Balaban J connectivity index is 2.64. The van der Waals surface area contributed by atoms with Crippen LogP contribution in [0.15, 0.2) is 16.9 Å². The van der Waals surface area contributed by atoms with E-state index < -0.39 is 11.0 Å². The van der Waals surface area contributed by atoms with Crippen molar-refractivity contribution in [1.82, 2.24) is 14.3 Å². The Bertz CT molecular complexity index is 850. The SMILES string of the molecule is CCc1nc2c([C@@H](C)N[S@](=O)C(C)(C)C)cc(C)cc2c(=O)n1C. The largest absolute Gasteiger partial charge is 0.299 e. The molecule has 0 radical (unpaired) electrons. The molecule has 0 aliphatic rings. The van der Waals surface area contributed by atoms with E-state index in [0.717, 1.165) is 17.0 Å². The molecule has 1 aromatic heterocycles. The second kappa shape index (κ2) is 6.76. The highest BCUT2D eigenvalue weighted by molar-refractivity contribution is 7.84. The first-order chi connectivity index (χ1) is 11.1. The van der Waals surface area contributed by atoms with Crippen LogP contribution in [0, 0.1) is 6.92 Å². The molecule has 0 aliphatic carbocycles. The molecule has 132 valence electrons. The number of benzene rings is 1.